The molecule has 4 rings (SSSR count). The summed E-state index contributed by atoms with van der Waals surface area (Å²) < 4.78 is 8.05. The number of nitrogens with zero attached hydrogens (tertiary/aromatic N) is 4. The lowest BCUT2D eigenvalue weighted by molar-refractivity contribution is -0.121. The van der Waals surface area contributed by atoms with E-state index in [-0.39, 0.29) is 47.9 Å². The molecule has 0 spiro atoms. The predicted octanol–water partition coefficient (Wildman–Crippen LogP) is 2.41. The second-order valence-corrected chi connectivity index (χ2v) is 15.2. The lowest BCUT2D eigenvalue weighted by atomic mass is 10.0. The number of aromatic hydroxyl groups is 1. The molecule has 1 unspecified atom stereocenters. The Hall–Kier alpha value is -3.56. The van der Waals surface area contributed by atoms with Crippen molar-refractivity contribution in [3.8, 4) is 5.75 Å². The second kappa shape index (κ2) is 18.4. The molecule has 0 aliphatic carbocycles. The van der Waals surface area contributed by atoms with Gasteiger partial charge in [0.05, 0.1) is 36.0 Å². The van der Waals surface area contributed by atoms with Crippen LogP contribution in [0.25, 0.3) is 0 Å². The van der Waals surface area contributed by atoms with Crippen molar-refractivity contribution in [2.24, 2.45) is 0 Å². The first kappa shape index (κ1) is 38.2. The number of hydrogen-bond acceptors (Lipinski definition) is 9. The van der Waals surface area contributed by atoms with Gasteiger partial charge >= 0.3 is 12.1 Å². The molecular weight excluding hydrogens is 646 g/mol. The van der Waals surface area contributed by atoms with Crippen molar-refractivity contribution < 1.29 is 24.2 Å². The van der Waals surface area contributed by atoms with Gasteiger partial charge in [0.25, 0.3) is 0 Å². The van der Waals surface area contributed by atoms with E-state index in [0.717, 1.165) is 42.7 Å². The number of phenolic OH excluding ortho intramolecular Hbond substituents is 1. The van der Waals surface area contributed by atoms with Gasteiger partial charge in [0.15, 0.2) is 0 Å². The molecular formula is C34H55N9O5S. The second-order valence-electron chi connectivity index (χ2n) is 14.0. The Morgan fingerprint density at radius 2 is 1.92 bits per heavy atom. The van der Waals surface area contributed by atoms with Crippen LogP contribution in [0.3, 0.4) is 0 Å². The van der Waals surface area contributed by atoms with Crippen molar-refractivity contribution in [3.05, 3.63) is 41.7 Å². The average molecular weight is 702 g/mol. The minimum absolute atomic E-state index is 0.0575. The van der Waals surface area contributed by atoms with Crippen molar-refractivity contribution in [1.29, 1.82) is 0 Å². The molecule has 49 heavy (non-hydrogen) atoms. The third kappa shape index (κ3) is 13.0. The number of ether oxygens (including phenoxy) is 1. The Labute approximate surface area is 294 Å². The SMILES string of the molecule is CC(Cn1cc(CCNC(=O)NC[C@H](Cc2ccc(O)cc2)N(C)C)nn1)OC(C)(C)CCNC(=O)CCCC[C@H]1SC[C@@H]2NC(=O)N[C@@H]21. The van der Waals surface area contributed by atoms with Gasteiger partial charge < -0.3 is 41.3 Å². The maximum Gasteiger partial charge on any atom is 0.315 e. The number of benzene rings is 1. The Kier molecular flexibility index (Phi) is 14.4. The van der Waals surface area contributed by atoms with Gasteiger partial charge in [-0.2, -0.15) is 11.8 Å². The third-order valence-electron chi connectivity index (χ3n) is 8.98. The van der Waals surface area contributed by atoms with Crippen LogP contribution in [0.15, 0.2) is 30.5 Å². The van der Waals surface area contributed by atoms with E-state index in [9.17, 15) is 19.5 Å². The molecule has 2 fully saturated rings. The normalized spacial score (nSPS) is 20.0. The molecule has 5 atom stereocenters. The van der Waals surface area contributed by atoms with Gasteiger partial charge in [-0.15, -0.1) is 5.10 Å². The van der Waals surface area contributed by atoms with Crippen molar-refractivity contribution in [2.75, 3.05) is 39.5 Å². The number of phenols is 1. The summed E-state index contributed by atoms with van der Waals surface area (Å²) in [4.78, 5) is 38.5. The summed E-state index contributed by atoms with van der Waals surface area (Å²) in [5, 5.41) is 33.3. The van der Waals surface area contributed by atoms with Gasteiger partial charge in [-0.3, -0.25) is 4.79 Å². The number of rotatable bonds is 20. The molecule has 0 bridgehead atoms. The Bertz CT molecular complexity index is 1360. The number of carbonyl (C=O) groups is 3. The maximum atomic E-state index is 12.4. The molecule has 2 aliphatic rings. The fourth-order valence-corrected chi connectivity index (χ4v) is 7.77. The largest absolute Gasteiger partial charge is 0.508 e. The standard InChI is InChI=1S/C34H55N9O5S/c1-23(48-34(2,3)15-17-35-30(45)9-7-6-8-29-31-28(22-49-29)38-33(47)39-31)20-43-21-25(40-41-43)14-16-36-32(46)37-19-26(42(4)5)18-24-10-12-27(44)13-11-24/h10-13,21,23,26,28-29,31,44H,6-9,14-20,22H2,1-5H3,(H,35,45)(H2,36,37,46)(H2,38,39,47)/t23?,26-,28-,29+,31-/m0/s1. The van der Waals surface area contributed by atoms with Gasteiger partial charge in [-0.25, -0.2) is 14.3 Å². The number of likely N-dealkylation sites (N-methyl/N-ethyl adjacent to an activating group) is 1. The van der Waals surface area contributed by atoms with Crippen LogP contribution in [-0.2, 0) is 28.9 Å². The van der Waals surface area contributed by atoms with Crippen LogP contribution >= 0.6 is 11.8 Å². The average Bonchev–Trinajstić information content (AvgIpc) is 3.74. The molecule has 14 nitrogen and oxygen atoms in total. The highest BCUT2D eigenvalue weighted by atomic mass is 32.2. The van der Waals surface area contributed by atoms with Gasteiger partial charge in [0.2, 0.25) is 5.91 Å². The van der Waals surface area contributed by atoms with Crippen molar-refractivity contribution in [2.45, 2.75) is 107 Å². The van der Waals surface area contributed by atoms with Crippen LogP contribution in [-0.4, -0.2) is 118 Å². The fraction of sp³-hybridized carbons (Fsp3) is 0.676. The zero-order chi connectivity index (χ0) is 35.4. The van der Waals surface area contributed by atoms with E-state index < -0.39 is 5.60 Å². The molecule has 2 aromatic rings. The first-order valence-corrected chi connectivity index (χ1v) is 18.4. The molecule has 2 saturated heterocycles. The highest BCUT2D eigenvalue weighted by molar-refractivity contribution is 8.00. The Morgan fingerprint density at radius 1 is 1.14 bits per heavy atom. The number of hydrogen-bond donors (Lipinski definition) is 6. The Balaban J connectivity index is 1.05. The molecule has 5 amide bonds. The zero-order valence-corrected chi connectivity index (χ0v) is 30.4. The lowest BCUT2D eigenvalue weighted by Crippen LogP contribution is -2.45. The van der Waals surface area contributed by atoms with E-state index in [0.29, 0.717) is 50.7 Å². The van der Waals surface area contributed by atoms with Crippen molar-refractivity contribution in [1.82, 2.24) is 46.5 Å². The van der Waals surface area contributed by atoms with Crippen molar-refractivity contribution in [3.63, 3.8) is 0 Å². The van der Waals surface area contributed by atoms with E-state index in [1.54, 1.807) is 16.8 Å². The molecule has 1 aromatic carbocycles. The van der Waals surface area contributed by atoms with Gasteiger partial charge in [-0.1, -0.05) is 23.8 Å². The summed E-state index contributed by atoms with van der Waals surface area (Å²) in [5.41, 5.74) is 1.44. The topological polar surface area (TPSA) is 175 Å². The van der Waals surface area contributed by atoms with Gasteiger partial charge in [0, 0.05) is 55.7 Å². The molecule has 1 aromatic heterocycles. The smallest absolute Gasteiger partial charge is 0.315 e. The number of thioether (sulfide) groups is 1. The molecule has 15 heteroatoms. The first-order chi connectivity index (χ1) is 23.4. The van der Waals surface area contributed by atoms with Gasteiger partial charge in [-0.05, 0) is 78.2 Å². The number of amides is 5. The minimum Gasteiger partial charge on any atom is -0.508 e. The van der Waals surface area contributed by atoms with E-state index in [4.69, 9.17) is 4.74 Å². The summed E-state index contributed by atoms with van der Waals surface area (Å²) in [5.74, 6) is 1.25. The molecule has 2 aliphatic heterocycles. The van der Waals surface area contributed by atoms with Crippen LogP contribution < -0.4 is 26.6 Å². The molecule has 272 valence electrons. The van der Waals surface area contributed by atoms with E-state index in [1.807, 2.05) is 65.0 Å². The maximum absolute atomic E-state index is 12.4. The van der Waals surface area contributed by atoms with Crippen LogP contribution in [0.2, 0.25) is 0 Å². The lowest BCUT2D eigenvalue weighted by Gasteiger charge is -2.29. The van der Waals surface area contributed by atoms with Crippen LogP contribution in [0, 0.1) is 0 Å². The number of nitrogens with one attached hydrogen (secondary N) is 5. The zero-order valence-electron chi connectivity index (χ0n) is 29.5. The van der Waals surface area contributed by atoms with Crippen LogP contribution in [0.4, 0.5) is 9.59 Å². The van der Waals surface area contributed by atoms with Crippen LogP contribution in [0.5, 0.6) is 5.75 Å². The Morgan fingerprint density at radius 3 is 2.67 bits per heavy atom. The summed E-state index contributed by atoms with van der Waals surface area (Å²) in [6.07, 6.45) is 7.03. The number of unbranched alkanes of at least 4 members (excludes halogenated alkanes) is 1. The first-order valence-electron chi connectivity index (χ1n) is 17.3. The highest BCUT2D eigenvalue weighted by Gasteiger charge is 2.42. The number of carbonyl (C=O) groups excluding carboxylic acids is 3. The third-order valence-corrected chi connectivity index (χ3v) is 10.5. The molecule has 0 radical (unpaired) electrons. The molecule has 3 heterocycles. The molecule has 6 N–H and O–H groups in total. The van der Waals surface area contributed by atoms with E-state index in [1.165, 1.54) is 0 Å². The minimum atomic E-state index is -0.432. The van der Waals surface area contributed by atoms with Crippen LogP contribution in [0.1, 0.15) is 64.1 Å². The summed E-state index contributed by atoms with van der Waals surface area (Å²) >= 11 is 1.90. The summed E-state index contributed by atoms with van der Waals surface area (Å²) in [6, 6.07) is 7.38. The highest BCUT2D eigenvalue weighted by Crippen LogP contribution is 2.33. The number of aromatic nitrogens is 3. The fourth-order valence-electron chi connectivity index (χ4n) is 6.23. The quantitative estimate of drug-likeness (QED) is 0.0895. The van der Waals surface area contributed by atoms with E-state index >= 15 is 0 Å². The predicted molar refractivity (Wildman–Crippen MR) is 191 cm³/mol. The summed E-state index contributed by atoms with van der Waals surface area (Å²) in [7, 11) is 3.96. The summed E-state index contributed by atoms with van der Waals surface area (Å²) in [6.45, 7) is 8.03. The molecule has 0 saturated carbocycles. The number of fused-ring (bicyclic) bond motifs is 1. The van der Waals surface area contributed by atoms with Gasteiger partial charge in [0.1, 0.15) is 5.75 Å². The monoisotopic (exact) mass is 701 g/mol. The number of urea groups is 2. The van der Waals surface area contributed by atoms with E-state index in [2.05, 4.69) is 41.8 Å². The van der Waals surface area contributed by atoms with Crippen molar-refractivity contribution >= 4 is 29.7 Å².